The number of aromatic nitrogens is 2. The molecule has 7 nitrogen and oxygen atoms in total. The second-order valence-electron chi connectivity index (χ2n) is 5.98. The van der Waals surface area contributed by atoms with Crippen LogP contribution in [0.2, 0.25) is 0 Å². The Morgan fingerprint density at radius 3 is 2.88 bits per heavy atom. The van der Waals surface area contributed by atoms with E-state index in [9.17, 15) is 4.79 Å². The highest BCUT2D eigenvalue weighted by atomic mass is 16.5. The lowest BCUT2D eigenvalue weighted by Gasteiger charge is -2.32. The Morgan fingerprint density at radius 2 is 2.08 bits per heavy atom. The number of anilines is 1. The van der Waals surface area contributed by atoms with Gasteiger partial charge in [-0.3, -0.25) is 4.79 Å². The van der Waals surface area contributed by atoms with E-state index in [0.717, 1.165) is 17.1 Å². The lowest BCUT2D eigenvalue weighted by atomic mass is 10.2. The average Bonchev–Trinajstić information content (AvgIpc) is 3.17. The number of ether oxygens (including phenoxy) is 3. The Hall–Kier alpha value is -3.06. The third kappa shape index (κ3) is 3.21. The lowest BCUT2D eigenvalue weighted by Crippen LogP contribution is -2.48. The van der Waals surface area contributed by atoms with Crippen molar-refractivity contribution in [2.75, 3.05) is 31.8 Å². The van der Waals surface area contributed by atoms with Crippen LogP contribution < -0.4 is 14.4 Å². The van der Waals surface area contributed by atoms with E-state index in [1.165, 1.54) is 0 Å². The van der Waals surface area contributed by atoms with Crippen molar-refractivity contribution >= 4 is 17.2 Å². The molecule has 2 aromatic heterocycles. The molecule has 1 atom stereocenters. The average molecular weight is 353 g/mol. The number of rotatable bonds is 5. The van der Waals surface area contributed by atoms with E-state index in [1.54, 1.807) is 18.2 Å². The zero-order valence-corrected chi connectivity index (χ0v) is 14.4. The van der Waals surface area contributed by atoms with E-state index in [1.807, 2.05) is 53.2 Å². The molecule has 0 aliphatic carbocycles. The number of hydrogen-bond donors (Lipinski definition) is 0. The van der Waals surface area contributed by atoms with Gasteiger partial charge in [-0.15, -0.1) is 0 Å². The lowest BCUT2D eigenvalue weighted by molar-refractivity contribution is -0.130. The maximum Gasteiger partial charge on any atom is 0.253 e. The number of carbonyl (C=O) groups excluding carboxylic acids is 1. The van der Waals surface area contributed by atoms with Gasteiger partial charge in [0.2, 0.25) is 0 Å². The van der Waals surface area contributed by atoms with Crippen LogP contribution in [0.3, 0.4) is 0 Å². The molecule has 1 unspecified atom stereocenters. The molecule has 3 aromatic rings. The SMILES string of the molecule is COc1ccc(N2CC(COc3cccn4ccnc34)OCC2=O)cc1. The minimum absolute atomic E-state index is 0.0354. The number of hydrogen-bond acceptors (Lipinski definition) is 5. The van der Waals surface area contributed by atoms with Crippen molar-refractivity contribution in [2.24, 2.45) is 0 Å². The van der Waals surface area contributed by atoms with Gasteiger partial charge in [-0.2, -0.15) is 0 Å². The van der Waals surface area contributed by atoms with Crippen molar-refractivity contribution in [1.29, 1.82) is 0 Å². The van der Waals surface area contributed by atoms with Crippen molar-refractivity contribution in [3.05, 3.63) is 55.0 Å². The quantitative estimate of drug-likeness (QED) is 0.703. The molecule has 1 aliphatic rings. The summed E-state index contributed by atoms with van der Waals surface area (Å²) in [5.74, 6) is 1.37. The number of benzene rings is 1. The highest BCUT2D eigenvalue weighted by Crippen LogP contribution is 2.23. The smallest absolute Gasteiger partial charge is 0.253 e. The van der Waals surface area contributed by atoms with Crippen LogP contribution in [0.4, 0.5) is 5.69 Å². The molecule has 0 saturated carbocycles. The van der Waals surface area contributed by atoms with Crippen LogP contribution >= 0.6 is 0 Å². The fourth-order valence-electron chi connectivity index (χ4n) is 2.95. The molecule has 0 radical (unpaired) electrons. The Labute approximate surface area is 150 Å². The van der Waals surface area contributed by atoms with Gasteiger partial charge in [-0.05, 0) is 36.4 Å². The minimum atomic E-state index is -0.218. The first kappa shape index (κ1) is 16.4. The summed E-state index contributed by atoms with van der Waals surface area (Å²) in [7, 11) is 1.61. The molecule has 134 valence electrons. The summed E-state index contributed by atoms with van der Waals surface area (Å²) < 4.78 is 18.6. The van der Waals surface area contributed by atoms with Gasteiger partial charge in [0.15, 0.2) is 11.4 Å². The highest BCUT2D eigenvalue weighted by molar-refractivity contribution is 5.95. The maximum atomic E-state index is 12.2. The standard InChI is InChI=1S/C19H19N3O4/c1-24-15-6-4-14(5-7-15)22-11-16(25-13-18(22)23)12-26-17-3-2-9-21-10-8-20-19(17)21/h2-10,16H,11-13H2,1H3. The molecule has 4 rings (SSSR count). The fourth-order valence-corrected chi connectivity index (χ4v) is 2.95. The molecule has 0 bridgehead atoms. The largest absolute Gasteiger partial charge is 0.497 e. The van der Waals surface area contributed by atoms with Gasteiger partial charge in [0, 0.05) is 24.3 Å². The number of methoxy groups -OCH3 is 1. The van der Waals surface area contributed by atoms with Crippen LogP contribution in [0.5, 0.6) is 11.5 Å². The first-order valence-electron chi connectivity index (χ1n) is 8.35. The third-order valence-electron chi connectivity index (χ3n) is 4.32. The van der Waals surface area contributed by atoms with Crippen LogP contribution in [0.25, 0.3) is 5.65 Å². The van der Waals surface area contributed by atoms with Gasteiger partial charge in [0.25, 0.3) is 5.91 Å². The van der Waals surface area contributed by atoms with E-state index < -0.39 is 0 Å². The summed E-state index contributed by atoms with van der Waals surface area (Å²) in [6.45, 7) is 0.808. The molecule has 0 spiro atoms. The molecule has 1 fully saturated rings. The molecule has 0 N–H and O–H groups in total. The number of fused-ring (bicyclic) bond motifs is 1. The van der Waals surface area contributed by atoms with Crippen molar-refractivity contribution in [2.45, 2.75) is 6.10 Å². The summed E-state index contributed by atoms with van der Waals surface area (Å²) in [4.78, 5) is 18.2. The molecule has 7 heteroatoms. The Morgan fingerprint density at radius 1 is 1.23 bits per heavy atom. The zero-order chi connectivity index (χ0) is 17.9. The predicted octanol–water partition coefficient (Wildman–Crippen LogP) is 2.15. The fraction of sp³-hybridized carbons (Fsp3) is 0.263. The Bertz CT molecular complexity index is 907. The molecule has 1 aliphatic heterocycles. The maximum absolute atomic E-state index is 12.2. The van der Waals surface area contributed by atoms with Gasteiger partial charge in [-0.25, -0.2) is 4.98 Å². The van der Waals surface area contributed by atoms with Crippen LogP contribution in [0.15, 0.2) is 55.0 Å². The normalized spacial score (nSPS) is 17.5. The molecule has 1 amide bonds. The summed E-state index contributed by atoms with van der Waals surface area (Å²) in [5.41, 5.74) is 1.57. The number of imidazole rings is 1. The molecular weight excluding hydrogens is 334 g/mol. The highest BCUT2D eigenvalue weighted by Gasteiger charge is 2.28. The molecule has 3 heterocycles. The van der Waals surface area contributed by atoms with Crippen molar-refractivity contribution in [1.82, 2.24) is 9.38 Å². The monoisotopic (exact) mass is 353 g/mol. The van der Waals surface area contributed by atoms with Gasteiger partial charge in [0.05, 0.1) is 13.7 Å². The second kappa shape index (κ2) is 7.05. The Kier molecular flexibility index (Phi) is 4.45. The number of nitrogens with zero attached hydrogens (tertiary/aromatic N) is 3. The number of morpholine rings is 1. The van der Waals surface area contributed by atoms with E-state index in [2.05, 4.69) is 4.98 Å². The predicted molar refractivity (Wildman–Crippen MR) is 95.8 cm³/mol. The Balaban J connectivity index is 1.44. The van der Waals surface area contributed by atoms with Crippen LogP contribution in [0.1, 0.15) is 0 Å². The first-order valence-corrected chi connectivity index (χ1v) is 8.35. The topological polar surface area (TPSA) is 65.3 Å². The number of carbonyl (C=O) groups is 1. The van der Waals surface area contributed by atoms with Gasteiger partial charge < -0.3 is 23.5 Å². The van der Waals surface area contributed by atoms with Crippen LogP contribution in [0, 0.1) is 0 Å². The van der Waals surface area contributed by atoms with Gasteiger partial charge >= 0.3 is 0 Å². The van der Waals surface area contributed by atoms with Crippen LogP contribution in [-0.4, -0.2) is 48.3 Å². The summed E-state index contributed by atoms with van der Waals surface area (Å²) >= 11 is 0. The van der Waals surface area contributed by atoms with Crippen LogP contribution in [-0.2, 0) is 9.53 Å². The minimum Gasteiger partial charge on any atom is -0.497 e. The second-order valence-corrected chi connectivity index (χ2v) is 5.98. The molecule has 1 saturated heterocycles. The third-order valence-corrected chi connectivity index (χ3v) is 4.32. The molecule has 1 aromatic carbocycles. The summed E-state index contributed by atoms with van der Waals surface area (Å²) in [6, 6.07) is 11.2. The van der Waals surface area contributed by atoms with Gasteiger partial charge in [0.1, 0.15) is 25.1 Å². The molecular formula is C19H19N3O4. The van der Waals surface area contributed by atoms with Gasteiger partial charge in [-0.1, -0.05) is 0 Å². The van der Waals surface area contributed by atoms with E-state index in [4.69, 9.17) is 14.2 Å². The summed E-state index contributed by atoms with van der Waals surface area (Å²) in [5, 5.41) is 0. The first-order chi connectivity index (χ1) is 12.7. The van der Waals surface area contributed by atoms with Crippen molar-refractivity contribution in [3.63, 3.8) is 0 Å². The molecule has 26 heavy (non-hydrogen) atoms. The number of pyridine rings is 1. The zero-order valence-electron chi connectivity index (χ0n) is 14.4. The van der Waals surface area contributed by atoms with E-state index in [0.29, 0.717) is 18.9 Å². The number of amides is 1. The van der Waals surface area contributed by atoms with E-state index >= 15 is 0 Å². The van der Waals surface area contributed by atoms with Crippen molar-refractivity contribution in [3.8, 4) is 11.5 Å². The summed E-state index contributed by atoms with van der Waals surface area (Å²) in [6.07, 6.45) is 5.29. The van der Waals surface area contributed by atoms with E-state index in [-0.39, 0.29) is 18.6 Å². The van der Waals surface area contributed by atoms with Crippen molar-refractivity contribution < 1.29 is 19.0 Å².